The highest BCUT2D eigenvalue weighted by Crippen LogP contribution is 2.22. The van der Waals surface area contributed by atoms with Gasteiger partial charge in [-0.3, -0.25) is 4.79 Å². The molecule has 0 atom stereocenters. The summed E-state index contributed by atoms with van der Waals surface area (Å²) in [5.41, 5.74) is 3.29. The smallest absolute Gasteiger partial charge is 0.307 e. The molecule has 3 nitrogen and oxygen atoms in total. The second kappa shape index (κ2) is 4.34. The van der Waals surface area contributed by atoms with Gasteiger partial charge in [0.2, 0.25) is 0 Å². The fourth-order valence-corrected chi connectivity index (χ4v) is 1.95. The first-order valence-corrected chi connectivity index (χ1v) is 5.33. The van der Waals surface area contributed by atoms with E-state index in [0.717, 1.165) is 24.2 Å². The molecule has 1 aliphatic rings. The van der Waals surface area contributed by atoms with Crippen molar-refractivity contribution in [3.8, 4) is 0 Å². The summed E-state index contributed by atoms with van der Waals surface area (Å²) < 4.78 is 0. The van der Waals surface area contributed by atoms with E-state index in [9.17, 15) is 4.79 Å². The van der Waals surface area contributed by atoms with Gasteiger partial charge in [0.05, 0.1) is 6.42 Å². The summed E-state index contributed by atoms with van der Waals surface area (Å²) in [5.74, 6) is -0.774. The van der Waals surface area contributed by atoms with Gasteiger partial charge in [0.25, 0.3) is 0 Å². The molecule has 80 valence electrons. The standard InChI is InChI=1S/C12H15NO2/c14-12(15)8-9-4-5-10-3-1-2-6-13-11(10)7-9/h4-5,7,13H,1-3,6,8H2,(H,14,15). The minimum atomic E-state index is -0.774. The maximum Gasteiger partial charge on any atom is 0.307 e. The molecule has 0 radical (unpaired) electrons. The number of carbonyl (C=O) groups is 1. The Balaban J connectivity index is 2.23. The molecule has 0 aliphatic carbocycles. The van der Waals surface area contributed by atoms with Gasteiger partial charge in [-0.25, -0.2) is 0 Å². The van der Waals surface area contributed by atoms with Crippen molar-refractivity contribution < 1.29 is 9.90 Å². The highest BCUT2D eigenvalue weighted by Gasteiger charge is 2.08. The van der Waals surface area contributed by atoms with Crippen LogP contribution in [-0.4, -0.2) is 17.6 Å². The van der Waals surface area contributed by atoms with Crippen LogP contribution in [0.5, 0.6) is 0 Å². The maximum atomic E-state index is 10.6. The second-order valence-electron chi connectivity index (χ2n) is 3.95. The molecule has 15 heavy (non-hydrogen) atoms. The van der Waals surface area contributed by atoms with Crippen LogP contribution in [0.15, 0.2) is 18.2 Å². The molecular weight excluding hydrogens is 190 g/mol. The molecule has 2 N–H and O–H groups in total. The molecular formula is C12H15NO2. The van der Waals surface area contributed by atoms with E-state index in [2.05, 4.69) is 5.32 Å². The van der Waals surface area contributed by atoms with Gasteiger partial charge in [-0.2, -0.15) is 0 Å². The molecule has 1 aliphatic heterocycles. The molecule has 3 heteroatoms. The lowest BCUT2D eigenvalue weighted by atomic mass is 10.0. The molecule has 0 bridgehead atoms. The first-order valence-electron chi connectivity index (χ1n) is 5.33. The predicted molar refractivity (Wildman–Crippen MR) is 59.2 cm³/mol. The lowest BCUT2D eigenvalue weighted by Crippen LogP contribution is -2.03. The zero-order valence-electron chi connectivity index (χ0n) is 8.62. The Morgan fingerprint density at radius 3 is 3.07 bits per heavy atom. The lowest BCUT2D eigenvalue weighted by molar-refractivity contribution is -0.136. The second-order valence-corrected chi connectivity index (χ2v) is 3.95. The first kappa shape index (κ1) is 10.0. The van der Waals surface area contributed by atoms with Gasteiger partial charge in [0.15, 0.2) is 0 Å². The van der Waals surface area contributed by atoms with Crippen molar-refractivity contribution in [1.29, 1.82) is 0 Å². The molecule has 0 unspecified atom stereocenters. The summed E-state index contributed by atoms with van der Waals surface area (Å²) in [5, 5.41) is 12.1. The number of aliphatic carboxylic acids is 1. The van der Waals surface area contributed by atoms with Crippen molar-refractivity contribution in [3.05, 3.63) is 29.3 Å². The van der Waals surface area contributed by atoms with Gasteiger partial charge in [-0.1, -0.05) is 12.1 Å². The fraction of sp³-hybridized carbons (Fsp3) is 0.417. The van der Waals surface area contributed by atoms with Crippen LogP contribution in [0.1, 0.15) is 24.0 Å². The third kappa shape index (κ3) is 2.49. The van der Waals surface area contributed by atoms with E-state index in [-0.39, 0.29) is 6.42 Å². The highest BCUT2D eigenvalue weighted by atomic mass is 16.4. The van der Waals surface area contributed by atoms with Gasteiger partial charge in [-0.05, 0) is 36.5 Å². The molecule has 1 aromatic rings. The molecule has 1 aromatic carbocycles. The van der Waals surface area contributed by atoms with Crippen LogP contribution in [-0.2, 0) is 17.6 Å². The van der Waals surface area contributed by atoms with E-state index in [4.69, 9.17) is 5.11 Å². The number of benzene rings is 1. The fourth-order valence-electron chi connectivity index (χ4n) is 1.95. The largest absolute Gasteiger partial charge is 0.481 e. The molecule has 0 saturated carbocycles. The minimum absolute atomic E-state index is 0.106. The average Bonchev–Trinajstić information content (AvgIpc) is 2.41. The predicted octanol–water partition coefficient (Wildman–Crippen LogP) is 2.06. The number of fused-ring (bicyclic) bond motifs is 1. The number of hydrogen-bond donors (Lipinski definition) is 2. The average molecular weight is 205 g/mol. The van der Waals surface area contributed by atoms with Crippen LogP contribution in [0.2, 0.25) is 0 Å². The number of aryl methyl sites for hydroxylation is 1. The molecule has 0 fully saturated rings. The third-order valence-electron chi connectivity index (χ3n) is 2.72. The third-order valence-corrected chi connectivity index (χ3v) is 2.72. The Hall–Kier alpha value is -1.51. The van der Waals surface area contributed by atoms with Crippen molar-refractivity contribution >= 4 is 11.7 Å². The lowest BCUT2D eigenvalue weighted by Gasteiger charge is -2.08. The van der Waals surface area contributed by atoms with Gasteiger partial charge in [0.1, 0.15) is 0 Å². The normalized spacial score (nSPS) is 14.9. The van der Waals surface area contributed by atoms with Crippen molar-refractivity contribution in [3.63, 3.8) is 0 Å². The number of hydrogen-bond acceptors (Lipinski definition) is 2. The number of carboxylic acids is 1. The van der Waals surface area contributed by atoms with E-state index < -0.39 is 5.97 Å². The Kier molecular flexibility index (Phi) is 2.90. The number of rotatable bonds is 2. The van der Waals surface area contributed by atoms with Crippen LogP contribution in [0.4, 0.5) is 5.69 Å². The van der Waals surface area contributed by atoms with Gasteiger partial charge < -0.3 is 10.4 Å². The minimum Gasteiger partial charge on any atom is -0.481 e. The first-order chi connectivity index (χ1) is 7.25. The highest BCUT2D eigenvalue weighted by molar-refractivity contribution is 5.71. The van der Waals surface area contributed by atoms with Gasteiger partial charge in [-0.15, -0.1) is 0 Å². The summed E-state index contributed by atoms with van der Waals surface area (Å²) in [6.07, 6.45) is 3.59. The zero-order valence-corrected chi connectivity index (χ0v) is 8.62. The summed E-state index contributed by atoms with van der Waals surface area (Å²) in [6, 6.07) is 5.93. The molecule has 0 aromatic heterocycles. The van der Waals surface area contributed by atoms with Crippen LogP contribution in [0, 0.1) is 0 Å². The Labute approximate surface area is 89.1 Å². The van der Waals surface area contributed by atoms with Gasteiger partial charge in [0, 0.05) is 12.2 Å². The SMILES string of the molecule is O=C(O)Cc1ccc2c(c1)NCCCC2. The summed E-state index contributed by atoms with van der Waals surface area (Å²) in [7, 11) is 0. The number of nitrogens with one attached hydrogen (secondary N) is 1. The molecule has 2 rings (SSSR count). The maximum absolute atomic E-state index is 10.6. The topological polar surface area (TPSA) is 49.3 Å². The summed E-state index contributed by atoms with van der Waals surface area (Å²) in [6.45, 7) is 0.990. The summed E-state index contributed by atoms with van der Waals surface area (Å²) >= 11 is 0. The Morgan fingerprint density at radius 1 is 1.40 bits per heavy atom. The Morgan fingerprint density at radius 2 is 2.27 bits per heavy atom. The molecule has 0 saturated heterocycles. The van der Waals surface area contributed by atoms with Crippen molar-refractivity contribution in [2.75, 3.05) is 11.9 Å². The molecule has 0 amide bonds. The summed E-state index contributed by atoms with van der Waals surface area (Å²) in [4.78, 5) is 10.6. The van der Waals surface area contributed by atoms with E-state index in [1.54, 1.807) is 0 Å². The monoisotopic (exact) mass is 205 g/mol. The Bertz CT molecular complexity index is 374. The van der Waals surface area contributed by atoms with Crippen molar-refractivity contribution in [2.45, 2.75) is 25.7 Å². The van der Waals surface area contributed by atoms with E-state index in [1.165, 1.54) is 18.4 Å². The van der Waals surface area contributed by atoms with Gasteiger partial charge >= 0.3 is 5.97 Å². The quantitative estimate of drug-likeness (QED) is 0.777. The van der Waals surface area contributed by atoms with E-state index in [0.29, 0.717) is 0 Å². The van der Waals surface area contributed by atoms with Crippen LogP contribution < -0.4 is 5.32 Å². The van der Waals surface area contributed by atoms with Crippen LogP contribution in [0.3, 0.4) is 0 Å². The van der Waals surface area contributed by atoms with Crippen LogP contribution >= 0.6 is 0 Å². The zero-order chi connectivity index (χ0) is 10.7. The number of anilines is 1. The van der Waals surface area contributed by atoms with Crippen molar-refractivity contribution in [1.82, 2.24) is 0 Å². The van der Waals surface area contributed by atoms with Crippen LogP contribution in [0.25, 0.3) is 0 Å². The van der Waals surface area contributed by atoms with E-state index in [1.807, 2.05) is 18.2 Å². The molecule has 1 heterocycles. The van der Waals surface area contributed by atoms with E-state index >= 15 is 0 Å². The number of carboxylic acid groups (broad SMARTS) is 1. The molecule has 0 spiro atoms. The van der Waals surface area contributed by atoms with Crippen molar-refractivity contribution in [2.24, 2.45) is 0 Å².